The molecular formula is C18H31NO. The average Bonchev–Trinajstić information content (AvgIpc) is 2.39. The second-order valence-corrected chi connectivity index (χ2v) is 6.46. The topological polar surface area (TPSA) is 12.5 Å². The smallest absolute Gasteiger partial charge is 0.119 e. The van der Waals surface area contributed by atoms with Crippen molar-refractivity contribution in [3.63, 3.8) is 0 Å². The van der Waals surface area contributed by atoms with Crippen LogP contribution in [0.4, 0.5) is 0 Å². The molecule has 0 saturated heterocycles. The predicted molar refractivity (Wildman–Crippen MR) is 87.7 cm³/mol. The molecule has 0 bridgehead atoms. The first-order valence-corrected chi connectivity index (χ1v) is 7.93. The fourth-order valence-corrected chi connectivity index (χ4v) is 2.31. The van der Waals surface area contributed by atoms with E-state index in [-0.39, 0.29) is 5.41 Å². The van der Waals surface area contributed by atoms with Crippen molar-refractivity contribution in [3.05, 3.63) is 29.8 Å². The summed E-state index contributed by atoms with van der Waals surface area (Å²) in [7, 11) is 0. The fraction of sp³-hybridized carbons (Fsp3) is 0.667. The van der Waals surface area contributed by atoms with Crippen LogP contribution in [0.1, 0.15) is 53.0 Å². The van der Waals surface area contributed by atoms with E-state index in [1.54, 1.807) is 0 Å². The highest BCUT2D eigenvalue weighted by Crippen LogP contribution is 2.24. The maximum Gasteiger partial charge on any atom is 0.119 e. The first-order valence-electron chi connectivity index (χ1n) is 7.93. The first kappa shape index (κ1) is 17.0. The quantitative estimate of drug-likeness (QED) is 0.694. The van der Waals surface area contributed by atoms with Crippen LogP contribution >= 0.6 is 0 Å². The SMILES string of the molecule is CCCN(CCC)CCOc1ccc(C(C)(C)C)cc1. The highest BCUT2D eigenvalue weighted by molar-refractivity contribution is 5.31. The number of hydrogen-bond acceptors (Lipinski definition) is 2. The molecule has 0 aliphatic rings. The summed E-state index contributed by atoms with van der Waals surface area (Å²) in [5, 5.41) is 0. The third-order valence-corrected chi connectivity index (χ3v) is 3.48. The van der Waals surface area contributed by atoms with E-state index in [1.807, 2.05) is 0 Å². The monoisotopic (exact) mass is 277 g/mol. The van der Waals surface area contributed by atoms with E-state index in [0.717, 1.165) is 18.9 Å². The summed E-state index contributed by atoms with van der Waals surface area (Å²) >= 11 is 0. The molecular weight excluding hydrogens is 246 g/mol. The first-order chi connectivity index (χ1) is 9.47. The molecule has 1 rings (SSSR count). The van der Waals surface area contributed by atoms with Gasteiger partial charge in [-0.05, 0) is 49.0 Å². The molecule has 1 aromatic carbocycles. The van der Waals surface area contributed by atoms with E-state index in [9.17, 15) is 0 Å². The van der Waals surface area contributed by atoms with Crippen LogP contribution in [-0.2, 0) is 5.41 Å². The molecule has 0 N–H and O–H groups in total. The molecule has 0 amide bonds. The lowest BCUT2D eigenvalue weighted by atomic mass is 9.87. The van der Waals surface area contributed by atoms with Crippen LogP contribution in [0.2, 0.25) is 0 Å². The summed E-state index contributed by atoms with van der Waals surface area (Å²) in [4.78, 5) is 2.48. The van der Waals surface area contributed by atoms with Crippen LogP contribution in [-0.4, -0.2) is 31.1 Å². The average molecular weight is 277 g/mol. The lowest BCUT2D eigenvalue weighted by Crippen LogP contribution is -2.30. The lowest BCUT2D eigenvalue weighted by molar-refractivity contribution is 0.209. The molecule has 20 heavy (non-hydrogen) atoms. The van der Waals surface area contributed by atoms with E-state index >= 15 is 0 Å². The third-order valence-electron chi connectivity index (χ3n) is 3.48. The predicted octanol–water partition coefficient (Wildman–Crippen LogP) is 4.48. The van der Waals surface area contributed by atoms with Gasteiger partial charge in [0.2, 0.25) is 0 Å². The Kier molecular flexibility index (Phi) is 7.08. The number of benzene rings is 1. The molecule has 0 saturated carbocycles. The van der Waals surface area contributed by atoms with Gasteiger partial charge in [0.1, 0.15) is 12.4 Å². The van der Waals surface area contributed by atoms with Crippen molar-refractivity contribution in [2.75, 3.05) is 26.2 Å². The van der Waals surface area contributed by atoms with Gasteiger partial charge in [-0.3, -0.25) is 4.90 Å². The number of ether oxygens (including phenoxy) is 1. The van der Waals surface area contributed by atoms with Crippen LogP contribution in [0, 0.1) is 0 Å². The summed E-state index contributed by atoms with van der Waals surface area (Å²) in [6.07, 6.45) is 2.42. The van der Waals surface area contributed by atoms with E-state index in [2.05, 4.69) is 63.8 Å². The fourth-order valence-electron chi connectivity index (χ4n) is 2.31. The van der Waals surface area contributed by atoms with Crippen molar-refractivity contribution in [1.29, 1.82) is 0 Å². The van der Waals surface area contributed by atoms with Crippen molar-refractivity contribution in [1.82, 2.24) is 4.90 Å². The van der Waals surface area contributed by atoms with Crippen molar-refractivity contribution >= 4 is 0 Å². The minimum atomic E-state index is 0.206. The molecule has 0 unspecified atom stereocenters. The van der Waals surface area contributed by atoms with E-state index in [0.29, 0.717) is 0 Å². The Hall–Kier alpha value is -1.02. The summed E-state index contributed by atoms with van der Waals surface area (Å²) in [5.74, 6) is 0.978. The minimum absolute atomic E-state index is 0.206. The maximum atomic E-state index is 5.86. The Morgan fingerprint density at radius 3 is 1.90 bits per heavy atom. The molecule has 0 aliphatic heterocycles. The molecule has 0 aromatic heterocycles. The zero-order valence-corrected chi connectivity index (χ0v) is 13.9. The molecule has 2 heteroatoms. The van der Waals surface area contributed by atoms with Crippen LogP contribution in [0.25, 0.3) is 0 Å². The minimum Gasteiger partial charge on any atom is -0.492 e. The van der Waals surface area contributed by atoms with Crippen molar-refractivity contribution in [3.8, 4) is 5.75 Å². The van der Waals surface area contributed by atoms with Crippen LogP contribution in [0.15, 0.2) is 24.3 Å². The van der Waals surface area contributed by atoms with Gasteiger partial charge < -0.3 is 4.74 Å². The molecule has 1 aromatic rings. The van der Waals surface area contributed by atoms with Gasteiger partial charge in [-0.15, -0.1) is 0 Å². The maximum absolute atomic E-state index is 5.86. The van der Waals surface area contributed by atoms with Gasteiger partial charge in [0.25, 0.3) is 0 Å². The lowest BCUT2D eigenvalue weighted by Gasteiger charge is -2.21. The van der Waals surface area contributed by atoms with Crippen LogP contribution in [0.5, 0.6) is 5.75 Å². The Morgan fingerprint density at radius 2 is 1.45 bits per heavy atom. The Labute approximate surface area is 125 Å². The zero-order valence-electron chi connectivity index (χ0n) is 13.9. The van der Waals surface area contributed by atoms with Gasteiger partial charge in [-0.1, -0.05) is 46.8 Å². The zero-order chi connectivity index (χ0) is 15.0. The van der Waals surface area contributed by atoms with E-state index in [4.69, 9.17) is 4.74 Å². The Bertz CT molecular complexity index is 358. The summed E-state index contributed by atoms with van der Waals surface area (Å²) < 4.78 is 5.86. The van der Waals surface area contributed by atoms with Gasteiger partial charge in [0.05, 0.1) is 0 Å². The molecule has 0 heterocycles. The third kappa shape index (κ3) is 5.96. The van der Waals surface area contributed by atoms with Crippen molar-refractivity contribution in [2.45, 2.75) is 52.9 Å². The number of rotatable bonds is 8. The molecule has 0 atom stereocenters. The van der Waals surface area contributed by atoms with Crippen molar-refractivity contribution < 1.29 is 4.74 Å². The summed E-state index contributed by atoms with van der Waals surface area (Å²) in [5.41, 5.74) is 1.56. The standard InChI is InChI=1S/C18H31NO/c1-6-12-19(13-7-2)14-15-20-17-10-8-16(9-11-17)18(3,4)5/h8-11H,6-7,12-15H2,1-5H3. The molecule has 0 aliphatic carbocycles. The van der Waals surface area contributed by atoms with Gasteiger partial charge in [-0.2, -0.15) is 0 Å². The van der Waals surface area contributed by atoms with Gasteiger partial charge in [0, 0.05) is 6.54 Å². The van der Waals surface area contributed by atoms with E-state index in [1.165, 1.54) is 31.5 Å². The second kappa shape index (κ2) is 8.31. The normalized spacial score (nSPS) is 11.9. The Balaban J connectivity index is 2.41. The number of nitrogens with zero attached hydrogens (tertiary/aromatic N) is 1. The molecule has 0 spiro atoms. The number of hydrogen-bond donors (Lipinski definition) is 0. The summed E-state index contributed by atoms with van der Waals surface area (Å²) in [6.45, 7) is 15.3. The van der Waals surface area contributed by atoms with Gasteiger partial charge in [0.15, 0.2) is 0 Å². The molecule has 0 fully saturated rings. The second-order valence-electron chi connectivity index (χ2n) is 6.46. The van der Waals surface area contributed by atoms with Crippen LogP contribution < -0.4 is 4.74 Å². The summed E-state index contributed by atoms with van der Waals surface area (Å²) in [6, 6.07) is 8.52. The highest BCUT2D eigenvalue weighted by atomic mass is 16.5. The van der Waals surface area contributed by atoms with Gasteiger partial charge in [-0.25, -0.2) is 0 Å². The van der Waals surface area contributed by atoms with Crippen molar-refractivity contribution in [2.24, 2.45) is 0 Å². The van der Waals surface area contributed by atoms with E-state index < -0.39 is 0 Å². The largest absolute Gasteiger partial charge is 0.492 e. The highest BCUT2D eigenvalue weighted by Gasteiger charge is 2.12. The Morgan fingerprint density at radius 1 is 0.900 bits per heavy atom. The molecule has 0 radical (unpaired) electrons. The molecule has 114 valence electrons. The van der Waals surface area contributed by atoms with Gasteiger partial charge >= 0.3 is 0 Å². The van der Waals surface area contributed by atoms with Crippen LogP contribution in [0.3, 0.4) is 0 Å². The molecule has 2 nitrogen and oxygen atoms in total.